The number of hydrogen-bond acceptors (Lipinski definition) is 5. The molecule has 0 aromatic rings. The normalized spacial score (nSPS) is 22.1. The van der Waals surface area contributed by atoms with Crippen LogP contribution in [0.15, 0.2) is 0 Å². The molecule has 1 aliphatic rings. The van der Waals surface area contributed by atoms with Crippen molar-refractivity contribution in [3.8, 4) is 0 Å². The van der Waals surface area contributed by atoms with Crippen LogP contribution in [-0.2, 0) is 13.9 Å². The standard InChI is InChI=1S/C9H16N2O4S/c1-6(5-16-15-10)8(12)11-4-2-3-7(11)9(13)14/h6-7H,2-5,10H2,1H3,(H,13,14)/t6-,7+/m1/s1. The predicted octanol–water partition coefficient (Wildman–Crippen LogP) is 0.237. The minimum absolute atomic E-state index is 0.144. The Balaban J connectivity index is 2.55. The average molecular weight is 248 g/mol. The zero-order valence-corrected chi connectivity index (χ0v) is 9.90. The van der Waals surface area contributed by atoms with E-state index in [2.05, 4.69) is 4.28 Å². The van der Waals surface area contributed by atoms with Crippen molar-refractivity contribution in [1.82, 2.24) is 4.90 Å². The Hall–Kier alpha value is -0.790. The second kappa shape index (κ2) is 6.07. The van der Waals surface area contributed by atoms with E-state index in [1.54, 1.807) is 6.92 Å². The fraction of sp³-hybridized carbons (Fsp3) is 0.778. The lowest BCUT2D eigenvalue weighted by molar-refractivity contribution is -0.149. The van der Waals surface area contributed by atoms with E-state index in [9.17, 15) is 9.59 Å². The second-order valence-corrected chi connectivity index (χ2v) is 4.57. The molecule has 0 aliphatic carbocycles. The van der Waals surface area contributed by atoms with Crippen LogP contribution in [0.1, 0.15) is 19.8 Å². The van der Waals surface area contributed by atoms with Gasteiger partial charge in [0, 0.05) is 30.3 Å². The van der Waals surface area contributed by atoms with Gasteiger partial charge in [0.15, 0.2) is 0 Å². The van der Waals surface area contributed by atoms with Gasteiger partial charge in [0.1, 0.15) is 6.04 Å². The highest BCUT2D eigenvalue weighted by atomic mass is 32.2. The summed E-state index contributed by atoms with van der Waals surface area (Å²) < 4.78 is 4.33. The van der Waals surface area contributed by atoms with Gasteiger partial charge >= 0.3 is 5.97 Å². The van der Waals surface area contributed by atoms with Crippen molar-refractivity contribution in [3.05, 3.63) is 0 Å². The van der Waals surface area contributed by atoms with Crippen LogP contribution in [0.25, 0.3) is 0 Å². The number of likely N-dealkylation sites (tertiary alicyclic amines) is 1. The Morgan fingerprint density at radius 2 is 2.38 bits per heavy atom. The largest absolute Gasteiger partial charge is 0.480 e. The second-order valence-electron chi connectivity index (χ2n) is 3.81. The minimum atomic E-state index is -0.930. The molecule has 16 heavy (non-hydrogen) atoms. The lowest BCUT2D eigenvalue weighted by atomic mass is 10.1. The van der Waals surface area contributed by atoms with E-state index in [1.165, 1.54) is 4.90 Å². The lowest BCUT2D eigenvalue weighted by Crippen LogP contribution is -2.43. The summed E-state index contributed by atoms with van der Waals surface area (Å²) in [6, 6.07) is -0.668. The fourth-order valence-corrected chi connectivity index (χ4v) is 2.21. The number of nitrogens with two attached hydrogens (primary N) is 1. The van der Waals surface area contributed by atoms with Gasteiger partial charge in [-0.25, -0.2) is 15.0 Å². The van der Waals surface area contributed by atoms with Gasteiger partial charge in [-0.2, -0.15) is 0 Å². The molecule has 0 saturated carbocycles. The minimum Gasteiger partial charge on any atom is -0.480 e. The molecular formula is C9H16N2O4S. The molecule has 0 radical (unpaired) electrons. The van der Waals surface area contributed by atoms with Crippen LogP contribution in [0.3, 0.4) is 0 Å². The molecule has 92 valence electrons. The highest BCUT2D eigenvalue weighted by molar-refractivity contribution is 7.94. The van der Waals surface area contributed by atoms with E-state index in [0.29, 0.717) is 18.7 Å². The molecule has 0 aromatic heterocycles. The zero-order valence-electron chi connectivity index (χ0n) is 9.09. The maximum Gasteiger partial charge on any atom is 0.326 e. The van der Waals surface area contributed by atoms with Gasteiger partial charge in [-0.15, -0.1) is 0 Å². The Morgan fingerprint density at radius 3 is 2.94 bits per heavy atom. The third kappa shape index (κ3) is 3.10. The maximum absolute atomic E-state index is 11.9. The third-order valence-corrected chi connectivity index (χ3v) is 3.40. The highest BCUT2D eigenvalue weighted by Crippen LogP contribution is 2.21. The molecule has 1 saturated heterocycles. The molecule has 1 fully saturated rings. The van der Waals surface area contributed by atoms with Gasteiger partial charge in [-0.05, 0) is 12.8 Å². The molecule has 0 spiro atoms. The molecule has 6 nitrogen and oxygen atoms in total. The molecule has 1 amide bonds. The first kappa shape index (κ1) is 13.3. The van der Waals surface area contributed by atoms with Crippen molar-refractivity contribution in [2.45, 2.75) is 25.8 Å². The van der Waals surface area contributed by atoms with Crippen LogP contribution in [0.5, 0.6) is 0 Å². The Labute approximate surface area is 98.3 Å². The summed E-state index contributed by atoms with van der Waals surface area (Å²) in [4.78, 5) is 24.3. The SMILES string of the molecule is C[C@H](CSON)C(=O)N1CCC[C@H]1C(=O)O. The van der Waals surface area contributed by atoms with Crippen molar-refractivity contribution in [2.75, 3.05) is 12.3 Å². The highest BCUT2D eigenvalue weighted by Gasteiger charge is 2.35. The quantitative estimate of drug-likeness (QED) is 0.534. The van der Waals surface area contributed by atoms with Gasteiger partial charge in [0.05, 0.1) is 0 Å². The van der Waals surface area contributed by atoms with E-state index >= 15 is 0 Å². The summed E-state index contributed by atoms with van der Waals surface area (Å²) in [6.07, 6.45) is 1.28. The third-order valence-electron chi connectivity index (χ3n) is 2.63. The smallest absolute Gasteiger partial charge is 0.326 e. The molecule has 7 heteroatoms. The molecule has 1 rings (SSSR count). The summed E-state index contributed by atoms with van der Waals surface area (Å²) in [7, 11) is 0. The number of hydrogen-bond donors (Lipinski definition) is 2. The number of rotatable bonds is 5. The Morgan fingerprint density at radius 1 is 1.69 bits per heavy atom. The molecular weight excluding hydrogens is 232 g/mol. The molecule has 3 N–H and O–H groups in total. The number of nitrogens with zero attached hydrogens (tertiary/aromatic N) is 1. The average Bonchev–Trinajstić information content (AvgIpc) is 2.73. The molecule has 1 aliphatic heterocycles. The van der Waals surface area contributed by atoms with Crippen LogP contribution >= 0.6 is 12.0 Å². The Bertz CT molecular complexity index is 274. The first-order valence-electron chi connectivity index (χ1n) is 5.09. The van der Waals surface area contributed by atoms with Crippen molar-refractivity contribution in [1.29, 1.82) is 0 Å². The van der Waals surface area contributed by atoms with E-state index in [-0.39, 0.29) is 11.8 Å². The fourth-order valence-electron chi connectivity index (χ4n) is 1.78. The zero-order chi connectivity index (χ0) is 12.1. The number of carboxylic acid groups (broad SMARTS) is 1. The van der Waals surface area contributed by atoms with Crippen LogP contribution < -0.4 is 5.90 Å². The van der Waals surface area contributed by atoms with E-state index < -0.39 is 12.0 Å². The predicted molar refractivity (Wildman–Crippen MR) is 59.3 cm³/mol. The van der Waals surface area contributed by atoms with Crippen molar-refractivity contribution >= 4 is 23.9 Å². The van der Waals surface area contributed by atoms with Crippen LogP contribution in [0, 0.1) is 5.92 Å². The first-order chi connectivity index (χ1) is 7.57. The van der Waals surface area contributed by atoms with Gasteiger partial charge in [0.25, 0.3) is 0 Å². The maximum atomic E-state index is 11.9. The van der Waals surface area contributed by atoms with E-state index in [1.807, 2.05) is 0 Å². The summed E-state index contributed by atoms with van der Waals surface area (Å²) in [5, 5.41) is 8.95. The lowest BCUT2D eigenvalue weighted by Gasteiger charge is -2.24. The Kier molecular flexibility index (Phi) is 5.04. The van der Waals surface area contributed by atoms with Crippen molar-refractivity contribution in [3.63, 3.8) is 0 Å². The van der Waals surface area contributed by atoms with Crippen molar-refractivity contribution in [2.24, 2.45) is 11.8 Å². The molecule has 2 atom stereocenters. The first-order valence-corrected chi connectivity index (χ1v) is 6.00. The van der Waals surface area contributed by atoms with Crippen LogP contribution in [0.4, 0.5) is 0 Å². The van der Waals surface area contributed by atoms with E-state index in [4.69, 9.17) is 11.0 Å². The molecule has 0 bridgehead atoms. The van der Waals surface area contributed by atoms with Gasteiger partial charge in [-0.1, -0.05) is 6.92 Å². The van der Waals surface area contributed by atoms with E-state index in [0.717, 1.165) is 18.5 Å². The van der Waals surface area contributed by atoms with Crippen molar-refractivity contribution < 1.29 is 19.0 Å². The van der Waals surface area contributed by atoms with Gasteiger partial charge < -0.3 is 10.0 Å². The summed E-state index contributed by atoms with van der Waals surface area (Å²) in [5.74, 6) is 3.92. The molecule has 0 unspecified atom stereocenters. The van der Waals surface area contributed by atoms with Gasteiger partial charge in [0.2, 0.25) is 5.91 Å². The summed E-state index contributed by atoms with van der Waals surface area (Å²) in [6.45, 7) is 2.26. The van der Waals surface area contributed by atoms with Crippen LogP contribution in [-0.4, -0.2) is 40.2 Å². The molecule has 0 aromatic carbocycles. The number of carbonyl (C=O) groups is 2. The summed E-state index contributed by atoms with van der Waals surface area (Å²) in [5.41, 5.74) is 0. The molecule has 1 heterocycles. The summed E-state index contributed by atoms with van der Waals surface area (Å²) >= 11 is 0.996. The number of carboxylic acids is 1. The number of carbonyl (C=O) groups excluding carboxylic acids is 1. The topological polar surface area (TPSA) is 92.9 Å². The number of aliphatic carboxylic acids is 1. The van der Waals surface area contributed by atoms with Crippen LogP contribution in [0.2, 0.25) is 0 Å². The monoisotopic (exact) mass is 248 g/mol. The van der Waals surface area contributed by atoms with Gasteiger partial charge in [-0.3, -0.25) is 4.79 Å². The number of amides is 1.